The summed E-state index contributed by atoms with van der Waals surface area (Å²) in [5.41, 5.74) is 2.59. The number of fused-ring (bicyclic) bond motifs is 2. The summed E-state index contributed by atoms with van der Waals surface area (Å²) in [4.78, 5) is 16.5. The summed E-state index contributed by atoms with van der Waals surface area (Å²) in [5, 5.41) is 15.5. The predicted molar refractivity (Wildman–Crippen MR) is 132 cm³/mol. The molecule has 2 spiro atoms. The molecule has 1 saturated heterocycles. The first-order valence-electron chi connectivity index (χ1n) is 13.6. The molecule has 5 aliphatic carbocycles. The van der Waals surface area contributed by atoms with Crippen molar-refractivity contribution in [2.75, 3.05) is 13.1 Å². The van der Waals surface area contributed by atoms with Gasteiger partial charge in [-0.05, 0) is 74.6 Å². The van der Waals surface area contributed by atoms with Gasteiger partial charge in [0.15, 0.2) is 0 Å². The fraction of sp³-hybridized carbons (Fsp3) is 0.567. The second-order valence-corrected chi connectivity index (χ2v) is 12.3. The minimum atomic E-state index is -1.13. The number of carbonyl (C=O) groups is 1. The van der Waals surface area contributed by atoms with Crippen LogP contribution in [-0.4, -0.2) is 46.7 Å². The lowest BCUT2D eigenvalue weighted by molar-refractivity contribution is -0.264. The summed E-state index contributed by atoms with van der Waals surface area (Å²) in [6.07, 6.45) is 6.88. The van der Waals surface area contributed by atoms with Gasteiger partial charge in [0.1, 0.15) is 17.5 Å². The van der Waals surface area contributed by atoms with Crippen LogP contribution in [0.15, 0.2) is 48.5 Å². The Kier molecular flexibility index (Phi) is 4.09. The van der Waals surface area contributed by atoms with E-state index in [4.69, 9.17) is 4.74 Å². The molecule has 182 valence electrons. The van der Waals surface area contributed by atoms with Gasteiger partial charge in [-0.25, -0.2) is 0 Å². The summed E-state index contributed by atoms with van der Waals surface area (Å²) >= 11 is 0. The first-order valence-corrected chi connectivity index (χ1v) is 13.6. The number of hydrogen-bond donors (Lipinski definition) is 2. The predicted octanol–water partition coefficient (Wildman–Crippen LogP) is 3.57. The number of nitrogens with one attached hydrogen (secondary N) is 1. The number of amides is 1. The van der Waals surface area contributed by atoms with E-state index < -0.39 is 11.5 Å². The zero-order chi connectivity index (χ0) is 23.4. The number of hydrogen-bond acceptors (Lipinski definition) is 4. The van der Waals surface area contributed by atoms with Gasteiger partial charge in [-0.1, -0.05) is 42.5 Å². The van der Waals surface area contributed by atoms with Gasteiger partial charge >= 0.3 is 0 Å². The maximum absolute atomic E-state index is 13.7. The molecule has 35 heavy (non-hydrogen) atoms. The largest absolute Gasteiger partial charge is 0.486 e. The Morgan fingerprint density at radius 3 is 2.77 bits per heavy atom. The van der Waals surface area contributed by atoms with Crippen molar-refractivity contribution < 1.29 is 14.6 Å². The third-order valence-electron chi connectivity index (χ3n) is 10.8. The van der Waals surface area contributed by atoms with E-state index in [0.29, 0.717) is 19.0 Å². The lowest BCUT2D eigenvalue weighted by atomic mass is 9.35. The molecule has 9 rings (SSSR count). The van der Waals surface area contributed by atoms with Crippen molar-refractivity contribution in [2.24, 2.45) is 17.3 Å². The SMILES string of the molecule is O=C(NCc1ccccc1)C1CC23CCC1(O)C1Oc4cccc5c4C12CCN(CC1CC1)C3C5. The van der Waals surface area contributed by atoms with Gasteiger partial charge in [0.05, 0.1) is 5.92 Å². The van der Waals surface area contributed by atoms with Crippen LogP contribution in [0, 0.1) is 17.3 Å². The summed E-state index contributed by atoms with van der Waals surface area (Å²) in [6, 6.07) is 17.0. The van der Waals surface area contributed by atoms with Crippen LogP contribution in [0.4, 0.5) is 0 Å². The summed E-state index contributed by atoms with van der Waals surface area (Å²) in [5.74, 6) is 1.37. The standard InChI is InChI=1S/C30H34N2O3/c33-26(31-17-19-5-2-1-3-6-19)22-16-28-11-12-30(22,34)27-29(28)13-14-32(18-20-9-10-20)24(28)15-21-7-4-8-23(35-27)25(21)29/h1-8,20,22,24,27,34H,9-18H2,(H,31,33). The fourth-order valence-corrected chi connectivity index (χ4v) is 9.25. The third-order valence-corrected chi connectivity index (χ3v) is 10.8. The Balaban J connectivity index is 1.21. The van der Waals surface area contributed by atoms with Crippen LogP contribution in [-0.2, 0) is 23.2 Å². The van der Waals surface area contributed by atoms with Crippen LogP contribution in [0.1, 0.15) is 55.2 Å². The van der Waals surface area contributed by atoms with Crippen LogP contribution in [0.5, 0.6) is 5.75 Å². The van der Waals surface area contributed by atoms with E-state index >= 15 is 0 Å². The summed E-state index contributed by atoms with van der Waals surface area (Å²) in [6.45, 7) is 2.77. The zero-order valence-electron chi connectivity index (χ0n) is 20.2. The van der Waals surface area contributed by atoms with Crippen LogP contribution in [0.25, 0.3) is 0 Å². The average molecular weight is 471 g/mol. The maximum Gasteiger partial charge on any atom is 0.226 e. The van der Waals surface area contributed by atoms with Crippen molar-refractivity contribution >= 4 is 5.91 Å². The third kappa shape index (κ3) is 2.54. The monoisotopic (exact) mass is 470 g/mol. The molecular weight excluding hydrogens is 436 g/mol. The molecule has 2 aliphatic heterocycles. The average Bonchev–Trinajstić information content (AvgIpc) is 3.62. The molecular formula is C30H34N2O3. The number of likely N-dealkylation sites (tertiary alicyclic amines) is 1. The molecule has 6 atom stereocenters. The molecule has 0 aromatic heterocycles. The number of benzene rings is 2. The number of nitrogens with zero attached hydrogens (tertiary/aromatic N) is 1. The molecule has 6 unspecified atom stereocenters. The first-order chi connectivity index (χ1) is 17.1. The number of piperidine rings is 1. The van der Waals surface area contributed by atoms with Gasteiger partial charge in [0.2, 0.25) is 5.91 Å². The topological polar surface area (TPSA) is 61.8 Å². The molecule has 7 aliphatic rings. The number of aliphatic hydroxyl groups is 1. The van der Waals surface area contributed by atoms with E-state index in [1.54, 1.807) is 0 Å². The van der Waals surface area contributed by atoms with Crippen LogP contribution in [0.3, 0.4) is 0 Å². The number of rotatable bonds is 5. The van der Waals surface area contributed by atoms with Crippen LogP contribution >= 0.6 is 0 Å². The van der Waals surface area contributed by atoms with Gasteiger partial charge in [-0.15, -0.1) is 0 Å². The van der Waals surface area contributed by atoms with E-state index in [-0.39, 0.29) is 22.8 Å². The van der Waals surface area contributed by atoms with E-state index in [2.05, 4.69) is 28.4 Å². The van der Waals surface area contributed by atoms with Crippen LogP contribution < -0.4 is 10.1 Å². The highest BCUT2D eigenvalue weighted by Crippen LogP contribution is 2.75. The molecule has 2 aromatic carbocycles. The molecule has 1 amide bonds. The van der Waals surface area contributed by atoms with Crippen molar-refractivity contribution in [3.63, 3.8) is 0 Å². The van der Waals surface area contributed by atoms with Crippen molar-refractivity contribution in [3.05, 3.63) is 65.2 Å². The molecule has 5 heteroatoms. The number of carbonyl (C=O) groups excluding carboxylic acids is 1. The minimum Gasteiger partial charge on any atom is -0.486 e. The lowest BCUT2D eigenvalue weighted by Gasteiger charge is -2.73. The minimum absolute atomic E-state index is 0.0103. The number of ether oxygens (including phenoxy) is 1. The van der Waals surface area contributed by atoms with Crippen molar-refractivity contribution in [2.45, 2.75) is 74.7 Å². The Morgan fingerprint density at radius 1 is 1.09 bits per heavy atom. The smallest absolute Gasteiger partial charge is 0.226 e. The lowest BCUT2D eigenvalue weighted by Crippen LogP contribution is -2.81. The summed E-state index contributed by atoms with van der Waals surface area (Å²) in [7, 11) is 0. The molecule has 0 radical (unpaired) electrons. The van der Waals surface area contributed by atoms with E-state index in [1.807, 2.05) is 30.3 Å². The van der Waals surface area contributed by atoms with Gasteiger partial charge in [0.25, 0.3) is 0 Å². The Bertz CT molecular complexity index is 1210. The molecule has 2 aromatic rings. The van der Waals surface area contributed by atoms with Gasteiger partial charge < -0.3 is 15.2 Å². The Morgan fingerprint density at radius 2 is 1.94 bits per heavy atom. The quantitative estimate of drug-likeness (QED) is 0.701. The highest BCUT2D eigenvalue weighted by Gasteiger charge is 2.80. The van der Waals surface area contributed by atoms with E-state index in [0.717, 1.165) is 49.5 Å². The zero-order valence-corrected chi connectivity index (χ0v) is 20.2. The molecule has 5 nitrogen and oxygen atoms in total. The van der Waals surface area contributed by atoms with Crippen molar-refractivity contribution in [3.8, 4) is 5.75 Å². The highest BCUT2D eigenvalue weighted by atomic mass is 16.5. The van der Waals surface area contributed by atoms with E-state index in [9.17, 15) is 9.90 Å². The van der Waals surface area contributed by atoms with Crippen LogP contribution in [0.2, 0.25) is 0 Å². The molecule has 2 heterocycles. The van der Waals surface area contributed by atoms with Gasteiger partial charge in [0, 0.05) is 35.5 Å². The molecule has 5 fully saturated rings. The maximum atomic E-state index is 13.7. The summed E-state index contributed by atoms with van der Waals surface area (Å²) < 4.78 is 6.73. The Labute approximate surface area is 206 Å². The highest BCUT2D eigenvalue weighted by molar-refractivity contribution is 5.81. The van der Waals surface area contributed by atoms with Gasteiger partial charge in [-0.2, -0.15) is 0 Å². The first kappa shape index (κ1) is 20.8. The second kappa shape index (κ2) is 6.89. The molecule has 2 N–H and O–H groups in total. The molecule has 4 saturated carbocycles. The van der Waals surface area contributed by atoms with Crippen molar-refractivity contribution in [1.29, 1.82) is 0 Å². The fourth-order valence-electron chi connectivity index (χ4n) is 9.25. The van der Waals surface area contributed by atoms with Crippen molar-refractivity contribution in [1.82, 2.24) is 10.2 Å². The van der Waals surface area contributed by atoms with Gasteiger partial charge in [-0.3, -0.25) is 9.69 Å². The second-order valence-electron chi connectivity index (χ2n) is 12.3. The Hall–Kier alpha value is -2.37. The van der Waals surface area contributed by atoms with E-state index in [1.165, 1.54) is 30.5 Å². The molecule has 4 bridgehead atoms. The normalized spacial score (nSPS) is 40.2.